The highest BCUT2D eigenvalue weighted by molar-refractivity contribution is 9.10. The summed E-state index contributed by atoms with van der Waals surface area (Å²) in [6.45, 7) is 3.75. The van der Waals surface area contributed by atoms with Crippen molar-refractivity contribution in [2.24, 2.45) is 0 Å². The molecule has 0 fully saturated rings. The van der Waals surface area contributed by atoms with Crippen molar-refractivity contribution < 1.29 is 18.0 Å². The van der Waals surface area contributed by atoms with Crippen molar-refractivity contribution in [3.05, 3.63) is 63.6 Å². The van der Waals surface area contributed by atoms with Gasteiger partial charge in [0.25, 0.3) is 0 Å². The van der Waals surface area contributed by atoms with Crippen molar-refractivity contribution >= 4 is 55.1 Å². The number of hydrogen-bond acceptors (Lipinski definition) is 4. The first-order valence-electron chi connectivity index (χ1n) is 10.1. The molecule has 2 aromatic carbocycles. The molecule has 0 bridgehead atoms. The Labute approximate surface area is 202 Å². The lowest BCUT2D eigenvalue weighted by Gasteiger charge is -2.31. The first-order valence-corrected chi connectivity index (χ1v) is 13.1. The number of benzene rings is 2. The third kappa shape index (κ3) is 7.50. The zero-order valence-corrected chi connectivity index (χ0v) is 21.4. The molecule has 32 heavy (non-hydrogen) atoms. The van der Waals surface area contributed by atoms with E-state index in [-0.39, 0.29) is 18.1 Å². The van der Waals surface area contributed by atoms with Gasteiger partial charge in [0.15, 0.2) is 0 Å². The van der Waals surface area contributed by atoms with Gasteiger partial charge in [0.2, 0.25) is 21.8 Å². The van der Waals surface area contributed by atoms with Crippen LogP contribution in [-0.2, 0) is 26.2 Å². The van der Waals surface area contributed by atoms with E-state index in [9.17, 15) is 18.0 Å². The normalized spacial score (nSPS) is 12.2. The van der Waals surface area contributed by atoms with E-state index in [0.29, 0.717) is 11.6 Å². The van der Waals surface area contributed by atoms with Crippen LogP contribution in [0, 0.1) is 0 Å². The van der Waals surface area contributed by atoms with E-state index in [1.165, 1.54) is 11.0 Å². The molecule has 0 spiro atoms. The topological polar surface area (TPSA) is 86.8 Å². The SMILES string of the molecule is CCCNC(=O)[C@@H](C)N(Cc1ccc(Br)cc1)C(=O)CN(c1cccc(Cl)c1)S(C)(=O)=O. The van der Waals surface area contributed by atoms with Gasteiger partial charge in [0, 0.05) is 22.6 Å². The Balaban J connectivity index is 2.35. The number of carbonyl (C=O) groups is 2. The first kappa shape index (κ1) is 26.2. The molecule has 10 heteroatoms. The van der Waals surface area contributed by atoms with Crippen LogP contribution in [-0.4, -0.2) is 50.5 Å². The molecule has 0 aliphatic carbocycles. The number of hydrogen-bond donors (Lipinski definition) is 1. The number of anilines is 1. The second-order valence-corrected chi connectivity index (χ2v) is 10.6. The molecule has 0 unspecified atom stereocenters. The van der Waals surface area contributed by atoms with Gasteiger partial charge in [-0.2, -0.15) is 0 Å². The summed E-state index contributed by atoms with van der Waals surface area (Å²) in [5.74, 6) is -0.802. The summed E-state index contributed by atoms with van der Waals surface area (Å²) >= 11 is 9.40. The van der Waals surface area contributed by atoms with Gasteiger partial charge in [-0.05, 0) is 49.2 Å². The van der Waals surface area contributed by atoms with Crippen LogP contribution in [0.15, 0.2) is 53.0 Å². The van der Waals surface area contributed by atoms with E-state index >= 15 is 0 Å². The van der Waals surface area contributed by atoms with Crippen LogP contribution in [0.2, 0.25) is 5.02 Å². The Morgan fingerprint density at radius 3 is 2.38 bits per heavy atom. The smallest absolute Gasteiger partial charge is 0.244 e. The Bertz CT molecular complexity index is 1050. The zero-order valence-electron chi connectivity index (χ0n) is 18.2. The molecule has 0 heterocycles. The van der Waals surface area contributed by atoms with E-state index in [2.05, 4.69) is 21.2 Å². The highest BCUT2D eigenvalue weighted by Crippen LogP contribution is 2.22. The predicted octanol–water partition coefficient (Wildman–Crippen LogP) is 3.81. The van der Waals surface area contributed by atoms with Crippen LogP contribution < -0.4 is 9.62 Å². The van der Waals surface area contributed by atoms with Crippen molar-refractivity contribution in [2.45, 2.75) is 32.9 Å². The number of amides is 2. The van der Waals surface area contributed by atoms with Crippen molar-refractivity contribution in [3.8, 4) is 0 Å². The van der Waals surface area contributed by atoms with Gasteiger partial charge in [-0.1, -0.05) is 52.7 Å². The summed E-state index contributed by atoms with van der Waals surface area (Å²) in [4.78, 5) is 27.4. The minimum atomic E-state index is -3.78. The van der Waals surface area contributed by atoms with Crippen LogP contribution in [0.25, 0.3) is 0 Å². The van der Waals surface area contributed by atoms with Gasteiger partial charge in [-0.25, -0.2) is 8.42 Å². The third-order valence-corrected chi connectivity index (χ3v) is 6.66. The lowest BCUT2D eigenvalue weighted by molar-refractivity contribution is -0.139. The van der Waals surface area contributed by atoms with E-state index < -0.39 is 28.5 Å². The Morgan fingerprint density at radius 1 is 1.16 bits per heavy atom. The minimum absolute atomic E-state index is 0.153. The summed E-state index contributed by atoms with van der Waals surface area (Å²) in [7, 11) is -3.78. The van der Waals surface area contributed by atoms with E-state index in [1.807, 2.05) is 31.2 Å². The Morgan fingerprint density at radius 2 is 1.81 bits per heavy atom. The summed E-state index contributed by atoms with van der Waals surface area (Å²) in [5, 5.41) is 3.15. The number of nitrogens with zero attached hydrogens (tertiary/aromatic N) is 2. The molecular weight excluding hydrogens is 518 g/mol. The van der Waals surface area contributed by atoms with E-state index in [4.69, 9.17) is 11.6 Å². The van der Waals surface area contributed by atoms with Crippen molar-refractivity contribution in [3.63, 3.8) is 0 Å². The van der Waals surface area contributed by atoms with Crippen LogP contribution in [0.3, 0.4) is 0 Å². The number of sulfonamides is 1. The fourth-order valence-electron chi connectivity index (χ4n) is 3.01. The largest absolute Gasteiger partial charge is 0.354 e. The standard InChI is InChI=1S/C22H27BrClN3O4S/c1-4-12-25-22(29)16(2)26(14-17-8-10-18(23)11-9-17)21(28)15-27(32(3,30)31)20-7-5-6-19(24)13-20/h5-11,13,16H,4,12,14-15H2,1-3H3,(H,25,29)/t16-/m1/s1. The van der Waals surface area contributed by atoms with Gasteiger partial charge in [0.1, 0.15) is 12.6 Å². The number of halogens is 2. The predicted molar refractivity (Wildman–Crippen MR) is 131 cm³/mol. The van der Waals surface area contributed by atoms with Crippen molar-refractivity contribution in [2.75, 3.05) is 23.7 Å². The second kappa shape index (κ2) is 11.7. The molecule has 0 aliphatic rings. The summed E-state index contributed by atoms with van der Waals surface area (Å²) < 4.78 is 26.8. The molecule has 1 N–H and O–H groups in total. The number of nitrogens with one attached hydrogen (secondary N) is 1. The van der Waals surface area contributed by atoms with Gasteiger partial charge in [-0.15, -0.1) is 0 Å². The van der Waals surface area contributed by atoms with E-state index in [1.54, 1.807) is 25.1 Å². The second-order valence-electron chi connectivity index (χ2n) is 7.36. The molecule has 2 amide bonds. The number of carbonyl (C=O) groups excluding carboxylic acids is 2. The van der Waals surface area contributed by atoms with Gasteiger partial charge >= 0.3 is 0 Å². The van der Waals surface area contributed by atoms with Gasteiger partial charge in [-0.3, -0.25) is 13.9 Å². The summed E-state index contributed by atoms with van der Waals surface area (Å²) in [6, 6.07) is 12.8. The maximum Gasteiger partial charge on any atom is 0.244 e. The fourth-order valence-corrected chi connectivity index (χ4v) is 4.30. The molecule has 174 valence electrons. The monoisotopic (exact) mass is 543 g/mol. The van der Waals surface area contributed by atoms with Crippen LogP contribution in [0.5, 0.6) is 0 Å². The molecule has 2 rings (SSSR count). The molecular formula is C22H27BrClN3O4S. The molecule has 0 aliphatic heterocycles. The molecule has 0 aromatic heterocycles. The highest BCUT2D eigenvalue weighted by Gasteiger charge is 2.30. The first-order chi connectivity index (χ1) is 15.0. The van der Waals surface area contributed by atoms with Crippen LogP contribution in [0.1, 0.15) is 25.8 Å². The molecule has 0 saturated carbocycles. The van der Waals surface area contributed by atoms with Crippen LogP contribution >= 0.6 is 27.5 Å². The van der Waals surface area contributed by atoms with Gasteiger partial charge < -0.3 is 10.2 Å². The maximum absolute atomic E-state index is 13.3. The average molecular weight is 545 g/mol. The molecule has 0 saturated heterocycles. The maximum atomic E-state index is 13.3. The van der Waals surface area contributed by atoms with Crippen molar-refractivity contribution in [1.29, 1.82) is 0 Å². The molecule has 1 atom stereocenters. The Kier molecular flexibility index (Phi) is 9.54. The lowest BCUT2D eigenvalue weighted by Crippen LogP contribution is -2.51. The minimum Gasteiger partial charge on any atom is -0.354 e. The highest BCUT2D eigenvalue weighted by atomic mass is 79.9. The fraction of sp³-hybridized carbons (Fsp3) is 0.364. The molecule has 7 nitrogen and oxygen atoms in total. The quantitative estimate of drug-likeness (QED) is 0.493. The van der Waals surface area contributed by atoms with Gasteiger partial charge in [0.05, 0.1) is 11.9 Å². The van der Waals surface area contributed by atoms with Crippen molar-refractivity contribution in [1.82, 2.24) is 10.2 Å². The average Bonchev–Trinajstić information content (AvgIpc) is 2.73. The summed E-state index contributed by atoms with van der Waals surface area (Å²) in [5.41, 5.74) is 1.09. The lowest BCUT2D eigenvalue weighted by atomic mass is 10.1. The summed E-state index contributed by atoms with van der Waals surface area (Å²) in [6.07, 6.45) is 1.79. The molecule has 0 radical (unpaired) electrons. The third-order valence-electron chi connectivity index (χ3n) is 4.76. The number of rotatable bonds is 10. The molecule has 2 aromatic rings. The zero-order chi connectivity index (χ0) is 23.9. The van der Waals surface area contributed by atoms with E-state index in [0.717, 1.165) is 27.0 Å². The van der Waals surface area contributed by atoms with Crippen LogP contribution in [0.4, 0.5) is 5.69 Å². The Hall–Kier alpha value is -2.10.